The summed E-state index contributed by atoms with van der Waals surface area (Å²) < 4.78 is 45.0. The maximum atomic E-state index is 13.4. The fourth-order valence-electron chi connectivity index (χ4n) is 4.76. The van der Waals surface area contributed by atoms with Crippen LogP contribution in [-0.4, -0.2) is 55.4 Å². The van der Waals surface area contributed by atoms with Gasteiger partial charge in [0.05, 0.1) is 30.9 Å². The molecule has 1 saturated carbocycles. The molecule has 0 saturated heterocycles. The van der Waals surface area contributed by atoms with Crippen molar-refractivity contribution < 1.29 is 27.8 Å². The minimum Gasteiger partial charge on any atom is -0.389 e. The number of ether oxygens (including phenoxy) is 1. The summed E-state index contributed by atoms with van der Waals surface area (Å²) in [6.07, 6.45) is 0.484. The van der Waals surface area contributed by atoms with Gasteiger partial charge >= 0.3 is 6.18 Å². The van der Waals surface area contributed by atoms with Gasteiger partial charge in [-0.2, -0.15) is 13.2 Å². The number of aliphatic hydroxyl groups is 1. The third-order valence-corrected chi connectivity index (χ3v) is 6.18. The Labute approximate surface area is 175 Å². The Kier molecular flexibility index (Phi) is 7.76. The van der Waals surface area contributed by atoms with E-state index in [0.717, 1.165) is 43.7 Å². The van der Waals surface area contributed by atoms with Crippen LogP contribution in [0.5, 0.6) is 0 Å². The smallest absolute Gasteiger partial charge is 0.389 e. The minimum absolute atomic E-state index is 0.0400. The topological polar surface area (TPSA) is 61.8 Å². The molecule has 2 aliphatic rings. The second-order valence-corrected chi connectivity index (χ2v) is 8.33. The molecule has 5 nitrogen and oxygen atoms in total. The first-order chi connectivity index (χ1) is 14.3. The molecule has 2 N–H and O–H groups in total. The second-order valence-electron chi connectivity index (χ2n) is 8.33. The highest BCUT2D eigenvalue weighted by Crippen LogP contribution is 2.43. The third-order valence-electron chi connectivity index (χ3n) is 6.18. The molecule has 2 unspecified atom stereocenters. The molecule has 0 spiro atoms. The van der Waals surface area contributed by atoms with Crippen LogP contribution in [0.15, 0.2) is 18.2 Å². The van der Waals surface area contributed by atoms with Gasteiger partial charge in [-0.05, 0) is 48.4 Å². The van der Waals surface area contributed by atoms with E-state index in [2.05, 4.69) is 5.32 Å². The highest BCUT2D eigenvalue weighted by molar-refractivity contribution is 5.79. The van der Waals surface area contributed by atoms with Crippen molar-refractivity contribution in [1.29, 1.82) is 0 Å². The Morgan fingerprint density at radius 2 is 2.03 bits per heavy atom. The molecule has 1 aliphatic heterocycles. The quantitative estimate of drug-likeness (QED) is 0.700. The highest BCUT2D eigenvalue weighted by Gasteiger charge is 2.39. The molecule has 8 heteroatoms. The maximum absolute atomic E-state index is 13.4. The van der Waals surface area contributed by atoms with Gasteiger partial charge in [-0.1, -0.05) is 25.3 Å². The third kappa shape index (κ3) is 5.53. The van der Waals surface area contributed by atoms with Crippen LogP contribution in [0.25, 0.3) is 0 Å². The number of halogens is 3. The van der Waals surface area contributed by atoms with E-state index in [1.165, 1.54) is 13.2 Å². The van der Waals surface area contributed by atoms with Crippen LogP contribution in [0.2, 0.25) is 0 Å². The van der Waals surface area contributed by atoms with E-state index in [1.54, 1.807) is 11.0 Å². The van der Waals surface area contributed by atoms with Gasteiger partial charge in [0.1, 0.15) is 0 Å². The van der Waals surface area contributed by atoms with Gasteiger partial charge in [-0.25, -0.2) is 0 Å². The molecule has 30 heavy (non-hydrogen) atoms. The summed E-state index contributed by atoms with van der Waals surface area (Å²) in [4.78, 5) is 14.8. The molecule has 0 radical (unpaired) electrons. The molecule has 168 valence electrons. The lowest BCUT2D eigenvalue weighted by Crippen LogP contribution is -2.47. The molecule has 1 amide bonds. The average Bonchev–Trinajstić information content (AvgIpc) is 2.72. The molecule has 1 aromatic rings. The van der Waals surface area contributed by atoms with Crippen LogP contribution in [0.4, 0.5) is 13.2 Å². The van der Waals surface area contributed by atoms with Crippen molar-refractivity contribution in [3.63, 3.8) is 0 Å². The lowest BCUT2D eigenvalue weighted by molar-refractivity contribution is -0.137. The first kappa shape index (κ1) is 23.0. The van der Waals surface area contributed by atoms with E-state index < -0.39 is 17.8 Å². The van der Waals surface area contributed by atoms with Crippen molar-refractivity contribution in [3.05, 3.63) is 34.9 Å². The van der Waals surface area contributed by atoms with Gasteiger partial charge in [-0.15, -0.1) is 0 Å². The number of benzene rings is 1. The molecule has 3 rings (SSSR count). The molecular weight excluding hydrogens is 397 g/mol. The van der Waals surface area contributed by atoms with Crippen LogP contribution < -0.4 is 5.32 Å². The number of nitrogens with zero attached hydrogens (tertiary/aromatic N) is 1. The molecule has 0 aromatic heterocycles. The first-order valence-electron chi connectivity index (χ1n) is 10.7. The predicted molar refractivity (Wildman–Crippen MR) is 107 cm³/mol. The van der Waals surface area contributed by atoms with Gasteiger partial charge < -0.3 is 20.1 Å². The van der Waals surface area contributed by atoms with E-state index in [0.29, 0.717) is 18.5 Å². The second kappa shape index (κ2) is 10.1. The van der Waals surface area contributed by atoms with Crippen LogP contribution in [-0.2, 0) is 22.1 Å². The lowest BCUT2D eigenvalue weighted by Gasteiger charge is -2.43. The molecule has 2 atom stereocenters. The molecule has 1 heterocycles. The summed E-state index contributed by atoms with van der Waals surface area (Å²) in [6.45, 7) is 0.929. The van der Waals surface area contributed by atoms with Gasteiger partial charge in [0.15, 0.2) is 0 Å². The van der Waals surface area contributed by atoms with Gasteiger partial charge in [0.25, 0.3) is 0 Å². The number of aliphatic hydroxyl groups excluding tert-OH is 1. The minimum atomic E-state index is -4.41. The lowest BCUT2D eigenvalue weighted by atomic mass is 9.76. The summed E-state index contributed by atoms with van der Waals surface area (Å²) in [5.74, 6) is 0.0302. The highest BCUT2D eigenvalue weighted by atomic mass is 19.4. The number of fused-ring (bicyclic) bond motifs is 1. The fourth-order valence-corrected chi connectivity index (χ4v) is 4.76. The Morgan fingerprint density at radius 3 is 2.70 bits per heavy atom. The molecule has 0 bridgehead atoms. The largest absolute Gasteiger partial charge is 0.416 e. The maximum Gasteiger partial charge on any atom is 0.416 e. The van der Waals surface area contributed by atoms with Gasteiger partial charge in [-0.3, -0.25) is 4.79 Å². The number of amides is 1. The number of hydrogen-bond acceptors (Lipinski definition) is 4. The Hall–Kier alpha value is -1.64. The van der Waals surface area contributed by atoms with Crippen molar-refractivity contribution in [2.24, 2.45) is 5.92 Å². The Morgan fingerprint density at radius 1 is 1.30 bits per heavy atom. The van der Waals surface area contributed by atoms with Crippen LogP contribution in [0.1, 0.15) is 54.8 Å². The molecule has 1 fully saturated rings. The zero-order chi connectivity index (χ0) is 21.7. The van der Waals surface area contributed by atoms with E-state index in [-0.39, 0.29) is 37.6 Å². The Bertz CT molecular complexity index is 720. The van der Waals surface area contributed by atoms with E-state index in [9.17, 15) is 23.1 Å². The standard InChI is InChI=1S/C22H31F3N2O3/c1-30-14-18(28)12-26-13-20(29)27-10-9-15-7-8-17(22(23,24)25)11-19(15)21(27)16-5-3-2-4-6-16/h7-8,11,16,18,21,26,28H,2-6,9-10,12-14H2,1H3. The van der Waals surface area contributed by atoms with Crippen LogP contribution >= 0.6 is 0 Å². The first-order valence-corrected chi connectivity index (χ1v) is 10.7. The number of methoxy groups -OCH3 is 1. The molecular formula is C22H31F3N2O3. The van der Waals surface area contributed by atoms with Crippen molar-refractivity contribution in [3.8, 4) is 0 Å². The van der Waals surface area contributed by atoms with Crippen molar-refractivity contribution >= 4 is 5.91 Å². The van der Waals surface area contributed by atoms with Crippen molar-refractivity contribution in [2.75, 3.05) is 33.4 Å². The molecule has 1 aliphatic carbocycles. The monoisotopic (exact) mass is 428 g/mol. The fraction of sp³-hybridized carbons (Fsp3) is 0.682. The van der Waals surface area contributed by atoms with Crippen LogP contribution in [0.3, 0.4) is 0 Å². The zero-order valence-electron chi connectivity index (χ0n) is 17.4. The zero-order valence-corrected chi connectivity index (χ0v) is 17.4. The van der Waals surface area contributed by atoms with Gasteiger partial charge in [0.2, 0.25) is 5.91 Å². The summed E-state index contributed by atoms with van der Waals surface area (Å²) in [5, 5.41) is 12.7. The summed E-state index contributed by atoms with van der Waals surface area (Å²) in [6, 6.07) is 3.65. The van der Waals surface area contributed by atoms with Gasteiger partial charge in [0, 0.05) is 20.2 Å². The van der Waals surface area contributed by atoms with E-state index >= 15 is 0 Å². The number of hydrogen-bond donors (Lipinski definition) is 2. The molecule has 1 aromatic carbocycles. The number of nitrogens with one attached hydrogen (secondary N) is 1. The van der Waals surface area contributed by atoms with Crippen molar-refractivity contribution in [1.82, 2.24) is 10.2 Å². The Balaban J connectivity index is 1.82. The van der Waals surface area contributed by atoms with Crippen LogP contribution in [0, 0.1) is 5.92 Å². The summed E-state index contributed by atoms with van der Waals surface area (Å²) >= 11 is 0. The number of carbonyl (C=O) groups is 1. The average molecular weight is 428 g/mol. The SMILES string of the molecule is COCC(O)CNCC(=O)N1CCc2ccc(C(F)(F)F)cc2C1C1CCCCC1. The number of rotatable bonds is 7. The van der Waals surface area contributed by atoms with E-state index in [4.69, 9.17) is 4.74 Å². The predicted octanol–water partition coefficient (Wildman–Crippen LogP) is 3.31. The number of alkyl halides is 3. The summed E-state index contributed by atoms with van der Waals surface area (Å²) in [7, 11) is 1.49. The van der Waals surface area contributed by atoms with Crippen molar-refractivity contribution in [2.45, 2.75) is 56.8 Å². The normalized spacial score (nSPS) is 21.4. The summed E-state index contributed by atoms with van der Waals surface area (Å²) in [5.41, 5.74) is 0.902. The van der Waals surface area contributed by atoms with E-state index in [1.807, 2.05) is 0 Å². The number of carbonyl (C=O) groups excluding carboxylic acids is 1.